The smallest absolute Gasteiger partial charge is 0.663 e. The number of hydrogen-bond acceptors (Lipinski definition) is 0. The van der Waals surface area contributed by atoms with Crippen LogP contribution in [0.15, 0.2) is 0 Å². The predicted octanol–water partition coefficient (Wildman–Crippen LogP) is 4.62. The third kappa shape index (κ3) is 77.7. The van der Waals surface area contributed by atoms with Crippen molar-refractivity contribution in [2.75, 3.05) is 39.3 Å². The molecule has 0 saturated heterocycles. The van der Waals surface area contributed by atoms with Crippen molar-refractivity contribution in [2.45, 2.75) is 41.5 Å². The molecule has 0 N–H and O–H groups in total. The Balaban J connectivity index is -0.0000000400. The summed E-state index contributed by atoms with van der Waals surface area (Å²) in [6, 6.07) is 0. The molecule has 0 amide bonds. The van der Waals surface area contributed by atoms with Gasteiger partial charge in [0.25, 0.3) is 0 Å². The molecule has 0 aromatic heterocycles. The van der Waals surface area contributed by atoms with Crippen LogP contribution in [0.2, 0.25) is 0 Å². The van der Waals surface area contributed by atoms with E-state index in [2.05, 4.69) is 16.0 Å². The molecule has 0 atom stereocenters. The summed E-state index contributed by atoms with van der Waals surface area (Å²) in [5, 5.41) is 11.9. The Morgan fingerprint density at radius 3 is 0.588 bits per heavy atom. The van der Waals surface area contributed by atoms with E-state index in [4.69, 9.17) is 0 Å². The zero-order valence-corrected chi connectivity index (χ0v) is 15.8. The molecule has 0 aromatic rings. The van der Waals surface area contributed by atoms with Crippen molar-refractivity contribution >= 4 is 12.4 Å². The first-order valence-electron chi connectivity index (χ1n) is 6.14. The van der Waals surface area contributed by atoms with Gasteiger partial charge in [-0.05, 0) is 0 Å². The van der Waals surface area contributed by atoms with Gasteiger partial charge in [0.1, 0.15) is 0 Å². The summed E-state index contributed by atoms with van der Waals surface area (Å²) in [7, 11) is 0. The molecule has 5 heteroatoms. The van der Waals surface area contributed by atoms with Gasteiger partial charge in [-0.2, -0.15) is 39.3 Å². The van der Waals surface area contributed by atoms with Crippen LogP contribution in [0.25, 0.3) is 16.0 Å². The SMILES string of the molecule is CC[N-]CC.CC[N-]CC.CC[N-]CC.Cl.[Zr+3]. The standard InChI is InChI=1S/3C4H10N.ClH.Zr/c3*1-3-5-4-2;;/h3*3-4H2,1-2H3;1H;/q3*-1;;+3. The molecule has 0 spiro atoms. The first-order valence-corrected chi connectivity index (χ1v) is 6.14. The molecule has 3 nitrogen and oxygen atoms in total. The molecular weight excluding hydrogens is 313 g/mol. The Morgan fingerprint density at radius 1 is 0.471 bits per heavy atom. The Morgan fingerprint density at radius 2 is 0.588 bits per heavy atom. The van der Waals surface area contributed by atoms with Gasteiger partial charge in [-0.3, -0.25) is 0 Å². The minimum Gasteiger partial charge on any atom is -0.663 e. The molecular formula is C12H31ClN3Zr. The average Bonchev–Trinajstić information content (AvgIpc) is 2.23. The second-order valence-electron chi connectivity index (χ2n) is 2.57. The Hall–Kier alpha value is 1.05. The molecule has 0 unspecified atom stereocenters. The van der Waals surface area contributed by atoms with Gasteiger partial charge in [0, 0.05) is 0 Å². The van der Waals surface area contributed by atoms with Gasteiger partial charge in [0.2, 0.25) is 0 Å². The van der Waals surface area contributed by atoms with E-state index in [0.717, 1.165) is 39.3 Å². The summed E-state index contributed by atoms with van der Waals surface area (Å²) in [4.78, 5) is 0. The molecule has 0 saturated carbocycles. The van der Waals surface area contributed by atoms with Crippen LogP contribution in [0.5, 0.6) is 0 Å². The Labute approximate surface area is 135 Å². The van der Waals surface area contributed by atoms with Crippen LogP contribution < -0.4 is 0 Å². The fourth-order valence-electron chi connectivity index (χ4n) is 0.671. The van der Waals surface area contributed by atoms with Crippen molar-refractivity contribution in [3.05, 3.63) is 16.0 Å². The molecule has 0 fully saturated rings. The van der Waals surface area contributed by atoms with E-state index in [1.165, 1.54) is 0 Å². The normalized spacial score (nSPS) is 7.41. The van der Waals surface area contributed by atoms with Crippen molar-refractivity contribution in [1.29, 1.82) is 0 Å². The van der Waals surface area contributed by atoms with E-state index in [-0.39, 0.29) is 38.6 Å². The van der Waals surface area contributed by atoms with Gasteiger partial charge in [-0.25, -0.2) is 0 Å². The summed E-state index contributed by atoms with van der Waals surface area (Å²) in [5.41, 5.74) is 0. The first-order chi connectivity index (χ1) is 7.24. The van der Waals surface area contributed by atoms with Crippen molar-refractivity contribution < 1.29 is 26.2 Å². The van der Waals surface area contributed by atoms with Gasteiger partial charge in [-0.1, -0.05) is 41.5 Å². The maximum atomic E-state index is 3.97. The predicted molar refractivity (Wildman–Crippen MR) is 80.6 cm³/mol. The Bertz CT molecular complexity index is 58.5. The zero-order valence-electron chi connectivity index (χ0n) is 12.5. The summed E-state index contributed by atoms with van der Waals surface area (Å²) in [6.45, 7) is 18.1. The van der Waals surface area contributed by atoms with E-state index in [1.54, 1.807) is 0 Å². The van der Waals surface area contributed by atoms with Crippen molar-refractivity contribution in [3.63, 3.8) is 0 Å². The summed E-state index contributed by atoms with van der Waals surface area (Å²) >= 11 is 0. The molecule has 0 aliphatic heterocycles. The average molecular weight is 344 g/mol. The minimum absolute atomic E-state index is 0. The van der Waals surface area contributed by atoms with Gasteiger partial charge in [0.15, 0.2) is 0 Å². The number of hydrogen-bond donors (Lipinski definition) is 0. The zero-order chi connectivity index (χ0) is 12.4. The molecule has 0 bridgehead atoms. The minimum atomic E-state index is 0. The van der Waals surface area contributed by atoms with Crippen LogP contribution >= 0.6 is 12.4 Å². The van der Waals surface area contributed by atoms with Crippen molar-refractivity contribution in [3.8, 4) is 0 Å². The second kappa shape index (κ2) is 43.5. The number of nitrogens with zero attached hydrogens (tertiary/aromatic N) is 3. The van der Waals surface area contributed by atoms with Gasteiger partial charge < -0.3 is 16.0 Å². The number of halogens is 1. The van der Waals surface area contributed by atoms with E-state index >= 15 is 0 Å². The third-order valence-electron chi connectivity index (χ3n) is 1.34. The van der Waals surface area contributed by atoms with Crippen LogP contribution in [0.4, 0.5) is 0 Å². The van der Waals surface area contributed by atoms with Crippen LogP contribution in [-0.2, 0) is 26.2 Å². The maximum absolute atomic E-state index is 3.97. The molecule has 0 rings (SSSR count). The van der Waals surface area contributed by atoms with Crippen LogP contribution in [-0.4, -0.2) is 39.3 Å². The van der Waals surface area contributed by atoms with E-state index in [0.29, 0.717) is 0 Å². The second-order valence-corrected chi connectivity index (χ2v) is 2.57. The molecule has 0 heterocycles. The fourth-order valence-corrected chi connectivity index (χ4v) is 0.671. The Kier molecular flexibility index (Phi) is 78.8. The van der Waals surface area contributed by atoms with Crippen molar-refractivity contribution in [2.24, 2.45) is 0 Å². The van der Waals surface area contributed by atoms with Gasteiger partial charge in [-0.15, -0.1) is 12.4 Å². The van der Waals surface area contributed by atoms with E-state index < -0.39 is 0 Å². The van der Waals surface area contributed by atoms with E-state index in [1.807, 2.05) is 41.5 Å². The van der Waals surface area contributed by atoms with Crippen LogP contribution in [0.1, 0.15) is 41.5 Å². The van der Waals surface area contributed by atoms with E-state index in [9.17, 15) is 0 Å². The largest absolute Gasteiger partial charge is 3.00 e. The molecule has 0 aliphatic carbocycles. The fraction of sp³-hybridized carbons (Fsp3) is 1.00. The van der Waals surface area contributed by atoms with Crippen LogP contribution in [0, 0.1) is 0 Å². The first kappa shape index (κ1) is 30.8. The van der Waals surface area contributed by atoms with Gasteiger partial charge in [0.05, 0.1) is 0 Å². The molecule has 1 radical (unpaired) electrons. The summed E-state index contributed by atoms with van der Waals surface area (Å²) in [6.07, 6.45) is 0. The summed E-state index contributed by atoms with van der Waals surface area (Å²) in [5.74, 6) is 0. The van der Waals surface area contributed by atoms with Crippen LogP contribution in [0.3, 0.4) is 0 Å². The maximum Gasteiger partial charge on any atom is 3.00 e. The quantitative estimate of drug-likeness (QED) is 0.675. The molecule has 0 aromatic carbocycles. The molecule has 105 valence electrons. The number of rotatable bonds is 6. The molecule has 0 aliphatic rings. The van der Waals surface area contributed by atoms with Gasteiger partial charge >= 0.3 is 26.2 Å². The topological polar surface area (TPSA) is 42.3 Å². The summed E-state index contributed by atoms with van der Waals surface area (Å²) < 4.78 is 0. The molecule has 17 heavy (non-hydrogen) atoms. The third-order valence-corrected chi connectivity index (χ3v) is 1.34. The monoisotopic (exact) mass is 342 g/mol. The van der Waals surface area contributed by atoms with Crippen molar-refractivity contribution in [1.82, 2.24) is 0 Å².